The van der Waals surface area contributed by atoms with Gasteiger partial charge in [-0.15, -0.1) is 0 Å². The predicted octanol–water partition coefficient (Wildman–Crippen LogP) is 4.14. The number of aromatic amines is 1. The van der Waals surface area contributed by atoms with Gasteiger partial charge in [-0.2, -0.15) is 13.2 Å². The van der Waals surface area contributed by atoms with Crippen molar-refractivity contribution in [3.63, 3.8) is 0 Å². The van der Waals surface area contributed by atoms with Gasteiger partial charge in [-0.3, -0.25) is 0 Å². The van der Waals surface area contributed by atoms with Crippen LogP contribution in [0.1, 0.15) is 18.4 Å². The van der Waals surface area contributed by atoms with Crippen LogP contribution in [0.4, 0.5) is 13.2 Å². The summed E-state index contributed by atoms with van der Waals surface area (Å²) < 4.78 is 45.8. The third-order valence-electron chi connectivity index (χ3n) is 3.89. The van der Waals surface area contributed by atoms with Gasteiger partial charge in [0, 0.05) is 19.8 Å². The van der Waals surface area contributed by atoms with Gasteiger partial charge in [0.15, 0.2) is 4.77 Å². The summed E-state index contributed by atoms with van der Waals surface area (Å²) in [5.41, 5.74) is 0.479. The lowest BCUT2D eigenvalue weighted by Gasteiger charge is -2.10. The van der Waals surface area contributed by atoms with Crippen LogP contribution in [0.15, 0.2) is 18.2 Å². The van der Waals surface area contributed by atoms with Crippen LogP contribution in [0.3, 0.4) is 0 Å². The number of hydrogen-bond donors (Lipinski definition) is 1. The minimum absolute atomic E-state index is 0.428. The van der Waals surface area contributed by atoms with Crippen LogP contribution in [0.25, 0.3) is 11.0 Å². The number of nitrogens with one attached hydrogen (secondary N) is 1. The van der Waals surface area contributed by atoms with Gasteiger partial charge in [-0.05, 0) is 49.2 Å². The van der Waals surface area contributed by atoms with E-state index in [-0.39, 0.29) is 0 Å². The Bertz CT molecular complexity index is 698. The standard InChI is InChI=1S/C14H15F3N2OS/c15-14(16,17)10-1-2-12-11(7-10)18-13(21)19(12)5-3-9-4-6-20-8-9/h1-2,7,9H,3-6,8H2,(H,18,21). The second-order valence-corrected chi connectivity index (χ2v) is 5.72. The Labute approximate surface area is 124 Å². The quantitative estimate of drug-likeness (QED) is 0.862. The van der Waals surface area contributed by atoms with Gasteiger partial charge >= 0.3 is 6.18 Å². The van der Waals surface area contributed by atoms with Gasteiger partial charge in [0.1, 0.15) is 0 Å². The van der Waals surface area contributed by atoms with E-state index in [1.807, 2.05) is 4.57 Å². The summed E-state index contributed by atoms with van der Waals surface area (Å²) in [5, 5.41) is 0. The van der Waals surface area contributed by atoms with Gasteiger partial charge < -0.3 is 14.3 Å². The zero-order chi connectivity index (χ0) is 15.0. The molecule has 1 aromatic heterocycles. The van der Waals surface area contributed by atoms with Crippen LogP contribution < -0.4 is 0 Å². The smallest absolute Gasteiger partial charge is 0.381 e. The summed E-state index contributed by atoms with van der Waals surface area (Å²) in [6.45, 7) is 2.24. The molecule has 0 saturated carbocycles. The van der Waals surface area contributed by atoms with E-state index in [9.17, 15) is 13.2 Å². The van der Waals surface area contributed by atoms with E-state index >= 15 is 0 Å². The molecule has 1 saturated heterocycles. The molecular formula is C14H15F3N2OS. The zero-order valence-electron chi connectivity index (χ0n) is 11.2. The zero-order valence-corrected chi connectivity index (χ0v) is 12.1. The number of ether oxygens (including phenoxy) is 1. The first-order valence-electron chi connectivity index (χ1n) is 6.82. The minimum atomic E-state index is -4.34. The molecule has 0 radical (unpaired) electrons. The summed E-state index contributed by atoms with van der Waals surface area (Å²) in [6, 6.07) is 3.69. The Hall–Kier alpha value is -1.34. The Morgan fingerprint density at radius 1 is 1.38 bits per heavy atom. The lowest BCUT2D eigenvalue weighted by Crippen LogP contribution is -2.07. The molecule has 1 fully saturated rings. The average molecular weight is 316 g/mol. The number of benzene rings is 1. The van der Waals surface area contributed by atoms with E-state index < -0.39 is 11.7 Å². The molecule has 3 nitrogen and oxygen atoms in total. The van der Waals surface area contributed by atoms with Gasteiger partial charge in [-0.25, -0.2) is 0 Å². The number of rotatable bonds is 3. The number of aromatic nitrogens is 2. The Morgan fingerprint density at radius 3 is 2.86 bits per heavy atom. The van der Waals surface area contributed by atoms with Crippen LogP contribution >= 0.6 is 12.2 Å². The van der Waals surface area contributed by atoms with Crippen molar-refractivity contribution in [3.05, 3.63) is 28.5 Å². The number of hydrogen-bond acceptors (Lipinski definition) is 2. The van der Waals surface area contributed by atoms with E-state index in [0.29, 0.717) is 28.3 Å². The summed E-state index contributed by atoms with van der Waals surface area (Å²) in [5.74, 6) is 0.506. The molecule has 1 N–H and O–H groups in total. The van der Waals surface area contributed by atoms with Crippen molar-refractivity contribution in [2.75, 3.05) is 13.2 Å². The fourth-order valence-electron chi connectivity index (χ4n) is 2.68. The molecule has 1 atom stereocenters. The van der Waals surface area contributed by atoms with Crippen molar-refractivity contribution in [1.82, 2.24) is 9.55 Å². The van der Waals surface area contributed by atoms with Gasteiger partial charge in [0.05, 0.1) is 16.6 Å². The minimum Gasteiger partial charge on any atom is -0.381 e. The maximum atomic E-state index is 12.7. The Kier molecular flexibility index (Phi) is 3.79. The van der Waals surface area contributed by atoms with Crippen molar-refractivity contribution in [2.24, 2.45) is 5.92 Å². The summed E-state index contributed by atoms with van der Waals surface area (Å²) >= 11 is 5.22. The second kappa shape index (κ2) is 5.46. The maximum Gasteiger partial charge on any atom is 0.416 e. The molecule has 1 aliphatic rings. The SMILES string of the molecule is FC(F)(F)c1ccc2c(c1)[nH]c(=S)n2CCC1CCOC1. The summed E-state index contributed by atoms with van der Waals surface area (Å²) in [7, 11) is 0. The second-order valence-electron chi connectivity index (χ2n) is 5.33. The molecule has 1 aliphatic heterocycles. The van der Waals surface area contributed by atoms with E-state index in [1.54, 1.807) is 0 Å². The molecule has 114 valence electrons. The Balaban J connectivity index is 1.88. The van der Waals surface area contributed by atoms with Crippen LogP contribution in [0.2, 0.25) is 0 Å². The molecule has 7 heteroatoms. The highest BCUT2D eigenvalue weighted by molar-refractivity contribution is 7.71. The number of halogens is 3. The van der Waals surface area contributed by atoms with E-state index in [0.717, 1.165) is 38.2 Å². The lowest BCUT2D eigenvalue weighted by molar-refractivity contribution is -0.137. The number of aryl methyl sites for hydroxylation is 1. The first-order valence-corrected chi connectivity index (χ1v) is 7.23. The van der Waals surface area contributed by atoms with Gasteiger partial charge in [0.25, 0.3) is 0 Å². The number of fused-ring (bicyclic) bond motifs is 1. The van der Waals surface area contributed by atoms with Gasteiger partial charge in [0.2, 0.25) is 0 Å². The normalized spacial score (nSPS) is 19.5. The van der Waals surface area contributed by atoms with Crippen LogP contribution in [0, 0.1) is 10.7 Å². The first kappa shape index (κ1) is 14.6. The number of imidazole rings is 1. The number of nitrogens with zero attached hydrogens (tertiary/aromatic N) is 1. The van der Waals surface area contributed by atoms with E-state index in [4.69, 9.17) is 17.0 Å². The van der Waals surface area contributed by atoms with Crippen molar-refractivity contribution in [2.45, 2.75) is 25.6 Å². The molecule has 21 heavy (non-hydrogen) atoms. The average Bonchev–Trinajstić information content (AvgIpc) is 3.01. The molecular weight excluding hydrogens is 301 g/mol. The highest BCUT2D eigenvalue weighted by atomic mass is 32.1. The highest BCUT2D eigenvalue weighted by Crippen LogP contribution is 2.31. The molecule has 2 aromatic rings. The predicted molar refractivity (Wildman–Crippen MR) is 75.7 cm³/mol. The fraction of sp³-hybridized carbons (Fsp3) is 0.500. The molecule has 1 aromatic carbocycles. The third-order valence-corrected chi connectivity index (χ3v) is 4.21. The first-order chi connectivity index (χ1) is 9.95. The maximum absolute atomic E-state index is 12.7. The molecule has 0 amide bonds. The summed E-state index contributed by atoms with van der Waals surface area (Å²) in [4.78, 5) is 2.86. The van der Waals surface area contributed by atoms with Gasteiger partial charge in [-0.1, -0.05) is 0 Å². The summed E-state index contributed by atoms with van der Waals surface area (Å²) in [6.07, 6.45) is -2.39. The van der Waals surface area contributed by atoms with Crippen LogP contribution in [0.5, 0.6) is 0 Å². The van der Waals surface area contributed by atoms with Crippen molar-refractivity contribution in [1.29, 1.82) is 0 Å². The van der Waals surface area contributed by atoms with Crippen molar-refractivity contribution >= 4 is 23.3 Å². The Morgan fingerprint density at radius 2 is 2.19 bits per heavy atom. The topological polar surface area (TPSA) is 29.9 Å². The fourth-order valence-corrected chi connectivity index (χ4v) is 2.98. The van der Waals surface area contributed by atoms with Crippen LogP contribution in [-0.2, 0) is 17.5 Å². The number of H-pyrrole nitrogens is 1. The van der Waals surface area contributed by atoms with E-state index in [2.05, 4.69) is 4.98 Å². The van der Waals surface area contributed by atoms with E-state index in [1.165, 1.54) is 6.07 Å². The van der Waals surface area contributed by atoms with Crippen molar-refractivity contribution in [3.8, 4) is 0 Å². The molecule has 3 rings (SSSR count). The molecule has 1 unspecified atom stereocenters. The molecule has 0 spiro atoms. The highest BCUT2D eigenvalue weighted by Gasteiger charge is 2.30. The third kappa shape index (κ3) is 2.98. The molecule has 0 bridgehead atoms. The molecule has 0 aliphatic carbocycles. The largest absolute Gasteiger partial charge is 0.416 e. The van der Waals surface area contributed by atoms with Crippen LogP contribution in [-0.4, -0.2) is 22.8 Å². The lowest BCUT2D eigenvalue weighted by atomic mass is 10.1. The number of alkyl halides is 3. The van der Waals surface area contributed by atoms with Crippen molar-refractivity contribution < 1.29 is 17.9 Å². The monoisotopic (exact) mass is 316 g/mol. The molecule has 2 heterocycles.